The molecule has 0 spiro atoms. The highest BCUT2D eigenvalue weighted by atomic mass is 32.1. The van der Waals surface area contributed by atoms with Gasteiger partial charge >= 0.3 is 0 Å². The molecule has 1 unspecified atom stereocenters. The lowest BCUT2D eigenvalue weighted by Gasteiger charge is -2.15. The Hall–Kier alpha value is -1.88. The number of benzene rings is 1. The number of anilines is 2. The molecule has 1 aromatic heterocycles. The average Bonchev–Trinajstić information content (AvgIpc) is 3.34. The van der Waals surface area contributed by atoms with Crippen LogP contribution in [0.1, 0.15) is 52.4 Å². The minimum Gasteiger partial charge on any atom is -0.348 e. The van der Waals surface area contributed by atoms with E-state index in [0.717, 1.165) is 60.8 Å². The maximum Gasteiger partial charge on any atom is 0.227 e. The van der Waals surface area contributed by atoms with Crippen LogP contribution in [0.5, 0.6) is 0 Å². The molecular formula is C21H29N3OS. The van der Waals surface area contributed by atoms with Crippen LogP contribution in [0.4, 0.5) is 10.8 Å². The van der Waals surface area contributed by atoms with Gasteiger partial charge in [-0.05, 0) is 37.8 Å². The maximum absolute atomic E-state index is 12.5. The molecule has 26 heavy (non-hydrogen) atoms. The zero-order valence-electron chi connectivity index (χ0n) is 15.8. The Bertz CT molecular complexity index is 722. The second kappa shape index (κ2) is 9.17. The van der Waals surface area contributed by atoms with Gasteiger partial charge in [0.05, 0.1) is 5.69 Å². The normalized spacial score (nSPS) is 15.2. The number of hydrogen-bond donors (Lipinski definition) is 1. The van der Waals surface area contributed by atoms with Gasteiger partial charge in [0.15, 0.2) is 5.13 Å². The van der Waals surface area contributed by atoms with Gasteiger partial charge in [0.2, 0.25) is 5.91 Å². The van der Waals surface area contributed by atoms with Crippen LogP contribution >= 0.6 is 11.3 Å². The van der Waals surface area contributed by atoms with Crippen molar-refractivity contribution in [1.29, 1.82) is 0 Å². The SMILES string of the molecule is CCCCC(CC)C(=O)Nc1cccc(-c2csc(N3CCCC3)n2)c1. The van der Waals surface area contributed by atoms with Gasteiger partial charge in [-0.25, -0.2) is 4.98 Å². The third-order valence-electron chi connectivity index (χ3n) is 5.06. The monoisotopic (exact) mass is 371 g/mol. The minimum absolute atomic E-state index is 0.0969. The highest BCUT2D eigenvalue weighted by molar-refractivity contribution is 7.14. The molecule has 1 N–H and O–H groups in total. The average molecular weight is 372 g/mol. The summed E-state index contributed by atoms with van der Waals surface area (Å²) in [5, 5.41) is 6.32. The fourth-order valence-corrected chi connectivity index (χ4v) is 4.31. The summed E-state index contributed by atoms with van der Waals surface area (Å²) in [4.78, 5) is 19.7. The number of nitrogens with one attached hydrogen (secondary N) is 1. The standard InChI is InChI=1S/C21H29N3OS/c1-3-5-9-16(4-2)20(25)22-18-11-8-10-17(14-18)19-15-26-21(23-19)24-12-6-7-13-24/h8,10-11,14-16H,3-7,9,12-13H2,1-2H3,(H,22,25). The summed E-state index contributed by atoms with van der Waals surface area (Å²) in [6.07, 6.45) is 6.59. The summed E-state index contributed by atoms with van der Waals surface area (Å²) in [6.45, 7) is 6.47. The molecule has 1 fully saturated rings. The first kappa shape index (κ1) is 18.9. The number of thiazole rings is 1. The predicted octanol–water partition coefficient (Wildman–Crippen LogP) is 5.57. The fourth-order valence-electron chi connectivity index (χ4n) is 3.42. The lowest BCUT2D eigenvalue weighted by atomic mass is 9.98. The molecule has 3 rings (SSSR count). The number of amides is 1. The quantitative estimate of drug-likeness (QED) is 0.660. The number of hydrogen-bond acceptors (Lipinski definition) is 4. The molecule has 0 aliphatic carbocycles. The molecule has 2 aromatic rings. The fraction of sp³-hybridized carbons (Fsp3) is 0.524. The number of nitrogens with zero attached hydrogens (tertiary/aromatic N) is 2. The largest absolute Gasteiger partial charge is 0.348 e. The van der Waals surface area contributed by atoms with Crippen LogP contribution in [0.2, 0.25) is 0 Å². The van der Waals surface area contributed by atoms with Crippen LogP contribution < -0.4 is 10.2 Å². The number of rotatable bonds is 8. The van der Waals surface area contributed by atoms with E-state index in [9.17, 15) is 4.79 Å². The van der Waals surface area contributed by atoms with Gasteiger partial charge in [-0.2, -0.15) is 0 Å². The van der Waals surface area contributed by atoms with Crippen LogP contribution in [0.3, 0.4) is 0 Å². The Morgan fingerprint density at radius 2 is 2.12 bits per heavy atom. The van der Waals surface area contributed by atoms with Gasteiger partial charge in [-0.15, -0.1) is 11.3 Å². The van der Waals surface area contributed by atoms with Crippen molar-refractivity contribution < 1.29 is 4.79 Å². The number of carbonyl (C=O) groups excluding carboxylic acids is 1. The zero-order chi connectivity index (χ0) is 18.4. The van der Waals surface area contributed by atoms with Gasteiger partial charge in [-0.3, -0.25) is 4.79 Å². The molecule has 1 saturated heterocycles. The van der Waals surface area contributed by atoms with Gasteiger partial charge in [0.25, 0.3) is 0 Å². The van der Waals surface area contributed by atoms with E-state index in [1.807, 2.05) is 18.2 Å². The van der Waals surface area contributed by atoms with E-state index in [4.69, 9.17) is 4.98 Å². The van der Waals surface area contributed by atoms with Crippen molar-refractivity contribution in [2.45, 2.75) is 52.4 Å². The van der Waals surface area contributed by atoms with E-state index in [1.54, 1.807) is 11.3 Å². The minimum atomic E-state index is 0.0969. The smallest absolute Gasteiger partial charge is 0.227 e. The first-order valence-electron chi connectivity index (χ1n) is 9.83. The second-order valence-corrected chi connectivity index (χ2v) is 7.86. The van der Waals surface area contributed by atoms with Crippen LogP contribution in [0.15, 0.2) is 29.6 Å². The maximum atomic E-state index is 12.5. The van der Waals surface area contributed by atoms with E-state index >= 15 is 0 Å². The van der Waals surface area contributed by atoms with Crippen molar-refractivity contribution >= 4 is 28.1 Å². The van der Waals surface area contributed by atoms with Crippen LogP contribution in [0.25, 0.3) is 11.3 Å². The summed E-state index contributed by atoms with van der Waals surface area (Å²) in [5.74, 6) is 0.230. The molecule has 2 heterocycles. The Morgan fingerprint density at radius 1 is 1.31 bits per heavy atom. The molecule has 4 nitrogen and oxygen atoms in total. The van der Waals surface area contributed by atoms with Crippen molar-refractivity contribution in [2.75, 3.05) is 23.3 Å². The van der Waals surface area contributed by atoms with Crippen molar-refractivity contribution in [2.24, 2.45) is 5.92 Å². The molecule has 0 saturated carbocycles. The van der Waals surface area contributed by atoms with E-state index in [2.05, 4.69) is 35.5 Å². The molecule has 0 bridgehead atoms. The lowest BCUT2D eigenvalue weighted by Crippen LogP contribution is -2.22. The Kier molecular flexibility index (Phi) is 6.67. The van der Waals surface area contributed by atoms with Gasteiger partial charge in [0.1, 0.15) is 0 Å². The molecule has 1 atom stereocenters. The summed E-state index contributed by atoms with van der Waals surface area (Å²) in [5.41, 5.74) is 2.91. The Balaban J connectivity index is 1.69. The van der Waals surface area contributed by atoms with Crippen LogP contribution in [0, 0.1) is 5.92 Å². The first-order chi connectivity index (χ1) is 12.7. The number of carbonyl (C=O) groups is 1. The summed E-state index contributed by atoms with van der Waals surface area (Å²) >= 11 is 1.71. The molecular weight excluding hydrogens is 342 g/mol. The van der Waals surface area contributed by atoms with E-state index < -0.39 is 0 Å². The summed E-state index contributed by atoms with van der Waals surface area (Å²) in [6, 6.07) is 8.05. The van der Waals surface area contributed by atoms with Crippen LogP contribution in [-0.2, 0) is 4.79 Å². The lowest BCUT2D eigenvalue weighted by molar-refractivity contribution is -0.120. The summed E-state index contributed by atoms with van der Waals surface area (Å²) < 4.78 is 0. The highest BCUT2D eigenvalue weighted by Gasteiger charge is 2.18. The molecule has 0 radical (unpaired) electrons. The molecule has 5 heteroatoms. The predicted molar refractivity (Wildman–Crippen MR) is 111 cm³/mol. The van der Waals surface area contributed by atoms with E-state index in [0.29, 0.717) is 0 Å². The van der Waals surface area contributed by atoms with Crippen molar-refractivity contribution in [3.63, 3.8) is 0 Å². The van der Waals surface area contributed by atoms with Gasteiger partial charge < -0.3 is 10.2 Å². The molecule has 1 aromatic carbocycles. The number of aromatic nitrogens is 1. The topological polar surface area (TPSA) is 45.2 Å². The molecule has 1 amide bonds. The summed E-state index contributed by atoms with van der Waals surface area (Å²) in [7, 11) is 0. The van der Waals surface area contributed by atoms with E-state index in [-0.39, 0.29) is 11.8 Å². The molecule has 140 valence electrons. The Labute approximate surface area is 160 Å². The molecule has 1 aliphatic heterocycles. The second-order valence-electron chi connectivity index (χ2n) is 7.03. The zero-order valence-corrected chi connectivity index (χ0v) is 16.6. The first-order valence-corrected chi connectivity index (χ1v) is 10.7. The van der Waals surface area contributed by atoms with Crippen LogP contribution in [-0.4, -0.2) is 24.0 Å². The Morgan fingerprint density at radius 3 is 2.85 bits per heavy atom. The third kappa shape index (κ3) is 4.64. The van der Waals surface area contributed by atoms with Crippen molar-refractivity contribution in [3.05, 3.63) is 29.6 Å². The van der Waals surface area contributed by atoms with Gasteiger partial charge in [-0.1, -0.05) is 38.8 Å². The van der Waals surface area contributed by atoms with Crippen molar-refractivity contribution in [3.8, 4) is 11.3 Å². The van der Waals surface area contributed by atoms with Crippen molar-refractivity contribution in [1.82, 2.24) is 4.98 Å². The number of unbranched alkanes of at least 4 members (excludes halogenated alkanes) is 1. The third-order valence-corrected chi connectivity index (χ3v) is 5.97. The highest BCUT2D eigenvalue weighted by Crippen LogP contribution is 2.30. The molecule has 1 aliphatic rings. The van der Waals surface area contributed by atoms with Gasteiger partial charge in [0, 0.05) is 35.6 Å². The van der Waals surface area contributed by atoms with E-state index in [1.165, 1.54) is 12.8 Å².